The molecule has 1 aliphatic heterocycles. The van der Waals surface area contributed by atoms with Crippen molar-refractivity contribution in [1.82, 2.24) is 4.31 Å². The van der Waals surface area contributed by atoms with E-state index in [0.29, 0.717) is 30.0 Å². The van der Waals surface area contributed by atoms with Gasteiger partial charge in [-0.3, -0.25) is 0 Å². The minimum atomic E-state index is -3.51. The second-order valence-electron chi connectivity index (χ2n) is 7.05. The number of hydrogen-bond donors (Lipinski definition) is 0. The van der Waals surface area contributed by atoms with Gasteiger partial charge in [-0.05, 0) is 36.8 Å². The van der Waals surface area contributed by atoms with E-state index < -0.39 is 10.0 Å². The molecule has 4 nitrogen and oxygen atoms in total. The van der Waals surface area contributed by atoms with Crippen molar-refractivity contribution >= 4 is 10.0 Å². The predicted molar refractivity (Wildman–Crippen MR) is 95.7 cm³/mol. The van der Waals surface area contributed by atoms with Crippen molar-refractivity contribution in [2.75, 3.05) is 13.1 Å². The molecular weight excluding hydrogens is 320 g/mol. The van der Waals surface area contributed by atoms with Crippen molar-refractivity contribution in [3.63, 3.8) is 0 Å². The van der Waals surface area contributed by atoms with Crippen LogP contribution in [0.5, 0.6) is 0 Å². The van der Waals surface area contributed by atoms with Gasteiger partial charge in [0.2, 0.25) is 10.0 Å². The quantitative estimate of drug-likeness (QED) is 0.605. The average Bonchev–Trinajstić information content (AvgIpc) is 2.55. The summed E-state index contributed by atoms with van der Waals surface area (Å²) in [6, 6.07) is 9.01. The molecule has 2 rings (SSSR count). The Hall–Kier alpha value is -1.90. The van der Waals surface area contributed by atoms with Crippen molar-refractivity contribution in [1.29, 1.82) is 5.26 Å². The molecule has 0 aliphatic carbocycles. The predicted octanol–water partition coefficient (Wildman–Crippen LogP) is 3.67. The van der Waals surface area contributed by atoms with E-state index in [1.165, 1.54) is 4.31 Å². The van der Waals surface area contributed by atoms with Crippen molar-refractivity contribution in [3.05, 3.63) is 54.1 Å². The van der Waals surface area contributed by atoms with Gasteiger partial charge in [-0.1, -0.05) is 50.3 Å². The van der Waals surface area contributed by atoms with E-state index in [1.807, 2.05) is 39.0 Å². The average molecular weight is 344 g/mol. The fourth-order valence-corrected chi connectivity index (χ4v) is 4.40. The van der Waals surface area contributed by atoms with Crippen LogP contribution in [0.3, 0.4) is 0 Å². The molecule has 0 bridgehead atoms. The van der Waals surface area contributed by atoms with Gasteiger partial charge in [0, 0.05) is 18.7 Å². The number of hydrogen-bond acceptors (Lipinski definition) is 3. The Bertz CT molecular complexity index is 784. The fraction of sp³-hybridized carbons (Fsp3) is 0.421. The zero-order chi connectivity index (χ0) is 18.0. The molecule has 0 amide bonds. The molecule has 5 heteroatoms. The fourth-order valence-electron chi connectivity index (χ4n) is 2.98. The lowest BCUT2D eigenvalue weighted by Crippen LogP contribution is -2.42. The van der Waals surface area contributed by atoms with Crippen molar-refractivity contribution in [2.45, 2.75) is 32.1 Å². The molecule has 128 valence electrons. The zero-order valence-electron chi connectivity index (χ0n) is 14.5. The van der Waals surface area contributed by atoms with Crippen LogP contribution in [0.2, 0.25) is 0 Å². The molecule has 1 atom stereocenters. The maximum Gasteiger partial charge on any atom is 0.243 e. The topological polar surface area (TPSA) is 61.2 Å². The summed E-state index contributed by atoms with van der Waals surface area (Å²) < 4.78 is 27.3. The summed E-state index contributed by atoms with van der Waals surface area (Å²) in [5.74, 6) is 0.0385. The van der Waals surface area contributed by atoms with E-state index in [1.54, 1.807) is 12.1 Å². The summed E-state index contributed by atoms with van der Waals surface area (Å²) in [7, 11) is -3.51. The number of sulfonamides is 1. The van der Waals surface area contributed by atoms with Crippen molar-refractivity contribution < 1.29 is 8.42 Å². The number of benzene rings is 1. The minimum absolute atomic E-state index is 0.0385. The van der Waals surface area contributed by atoms with Crippen molar-refractivity contribution in [2.24, 2.45) is 11.3 Å². The molecule has 1 unspecified atom stereocenters. The summed E-state index contributed by atoms with van der Waals surface area (Å²) in [6.07, 6.45) is 4.51. The Labute approximate surface area is 145 Å². The molecule has 24 heavy (non-hydrogen) atoms. The van der Waals surface area contributed by atoms with E-state index in [9.17, 15) is 8.42 Å². The third-order valence-electron chi connectivity index (χ3n) is 4.57. The first-order valence-electron chi connectivity index (χ1n) is 7.98. The SMILES string of the molecule is C=C(C#N)CC(C)(C)C1C=CCN(S(=O)(=O)c2ccc(C)cc2)C1. The van der Waals surface area contributed by atoms with Gasteiger partial charge in [-0.2, -0.15) is 9.57 Å². The standard InChI is InChI=1S/C19H24N2O2S/c1-15-7-9-18(10-8-15)24(22,23)21-11-5-6-17(14-21)19(3,4)12-16(2)13-20/h5-10,17H,2,11-12,14H2,1,3-4H3. The maximum absolute atomic E-state index is 12.9. The lowest BCUT2D eigenvalue weighted by Gasteiger charge is -2.38. The largest absolute Gasteiger partial charge is 0.243 e. The highest BCUT2D eigenvalue weighted by Crippen LogP contribution is 2.37. The third-order valence-corrected chi connectivity index (χ3v) is 6.41. The highest BCUT2D eigenvalue weighted by Gasteiger charge is 2.35. The van der Waals surface area contributed by atoms with Crippen LogP contribution in [0.15, 0.2) is 53.5 Å². The molecule has 0 N–H and O–H groups in total. The van der Waals surface area contributed by atoms with Crippen LogP contribution in [0.1, 0.15) is 25.8 Å². The van der Waals surface area contributed by atoms with Gasteiger partial charge < -0.3 is 0 Å². The molecular formula is C19H24N2O2S. The van der Waals surface area contributed by atoms with E-state index in [4.69, 9.17) is 5.26 Å². The Balaban J connectivity index is 2.23. The van der Waals surface area contributed by atoms with Crippen LogP contribution in [-0.2, 0) is 10.0 Å². The summed E-state index contributed by atoms with van der Waals surface area (Å²) in [4.78, 5) is 0.321. The highest BCUT2D eigenvalue weighted by molar-refractivity contribution is 7.89. The van der Waals surface area contributed by atoms with E-state index in [-0.39, 0.29) is 11.3 Å². The van der Waals surface area contributed by atoms with Crippen LogP contribution in [-0.4, -0.2) is 25.8 Å². The highest BCUT2D eigenvalue weighted by atomic mass is 32.2. The zero-order valence-corrected chi connectivity index (χ0v) is 15.3. The van der Waals surface area contributed by atoms with Gasteiger partial charge in [-0.15, -0.1) is 0 Å². The molecule has 0 radical (unpaired) electrons. The number of aryl methyl sites for hydroxylation is 1. The first kappa shape index (κ1) is 18.4. The van der Waals surface area contributed by atoms with E-state index >= 15 is 0 Å². The number of rotatable bonds is 5. The second kappa shape index (κ2) is 6.92. The van der Waals surface area contributed by atoms with E-state index in [2.05, 4.69) is 18.7 Å². The van der Waals surface area contributed by atoms with Crippen LogP contribution in [0, 0.1) is 29.6 Å². The summed E-state index contributed by atoms with van der Waals surface area (Å²) >= 11 is 0. The minimum Gasteiger partial charge on any atom is -0.207 e. The van der Waals surface area contributed by atoms with Crippen LogP contribution < -0.4 is 0 Å². The molecule has 0 fully saturated rings. The normalized spacial score (nSPS) is 19.0. The molecule has 0 spiro atoms. The number of nitrogens with zero attached hydrogens (tertiary/aromatic N) is 2. The monoisotopic (exact) mass is 344 g/mol. The molecule has 0 saturated heterocycles. The lowest BCUT2D eigenvalue weighted by molar-refractivity contribution is 0.213. The summed E-state index contributed by atoms with van der Waals surface area (Å²) in [5.41, 5.74) is 1.32. The van der Waals surface area contributed by atoms with Gasteiger partial charge in [0.05, 0.1) is 11.0 Å². The molecule has 1 aromatic carbocycles. The van der Waals surface area contributed by atoms with E-state index in [0.717, 1.165) is 5.56 Å². The van der Waals surface area contributed by atoms with Gasteiger partial charge in [0.25, 0.3) is 0 Å². The number of allylic oxidation sites excluding steroid dienone is 1. The van der Waals surface area contributed by atoms with Crippen LogP contribution in [0.4, 0.5) is 0 Å². The Kier molecular flexibility index (Phi) is 5.32. The summed E-state index contributed by atoms with van der Waals surface area (Å²) in [5, 5.41) is 8.97. The van der Waals surface area contributed by atoms with Gasteiger partial charge in [-0.25, -0.2) is 8.42 Å². The van der Waals surface area contributed by atoms with Gasteiger partial charge in [0.1, 0.15) is 0 Å². The first-order valence-corrected chi connectivity index (χ1v) is 9.42. The van der Waals surface area contributed by atoms with Gasteiger partial charge in [0.15, 0.2) is 0 Å². The second-order valence-corrected chi connectivity index (χ2v) is 8.99. The Morgan fingerprint density at radius 1 is 1.38 bits per heavy atom. The molecule has 1 aromatic rings. The molecule has 1 heterocycles. The Morgan fingerprint density at radius 3 is 2.58 bits per heavy atom. The third kappa shape index (κ3) is 3.95. The van der Waals surface area contributed by atoms with Crippen LogP contribution >= 0.6 is 0 Å². The molecule has 0 aromatic heterocycles. The lowest BCUT2D eigenvalue weighted by atomic mass is 9.73. The summed E-state index contributed by atoms with van der Waals surface area (Å²) in [6.45, 7) is 10.6. The smallest absolute Gasteiger partial charge is 0.207 e. The first-order chi connectivity index (χ1) is 11.2. The maximum atomic E-state index is 12.9. The van der Waals surface area contributed by atoms with Gasteiger partial charge >= 0.3 is 0 Å². The molecule has 1 aliphatic rings. The Morgan fingerprint density at radius 2 is 2.00 bits per heavy atom. The van der Waals surface area contributed by atoms with Crippen LogP contribution in [0.25, 0.3) is 0 Å². The van der Waals surface area contributed by atoms with Crippen molar-refractivity contribution in [3.8, 4) is 6.07 Å². The molecule has 0 saturated carbocycles. The number of nitriles is 1.